The van der Waals surface area contributed by atoms with Crippen molar-refractivity contribution in [1.29, 1.82) is 0 Å². The van der Waals surface area contributed by atoms with Crippen molar-refractivity contribution < 1.29 is 18.4 Å². The summed E-state index contributed by atoms with van der Waals surface area (Å²) in [6, 6.07) is 11.2. The van der Waals surface area contributed by atoms with Crippen LogP contribution in [-0.2, 0) is 9.53 Å². The van der Waals surface area contributed by atoms with Gasteiger partial charge in [0.05, 0.1) is 25.2 Å². The minimum atomic E-state index is -0.536. The Hall–Kier alpha value is -3.76. The maximum Gasteiger partial charge on any atom is 0.249 e. The molecule has 1 aliphatic rings. The van der Waals surface area contributed by atoms with Crippen molar-refractivity contribution >= 4 is 18.3 Å². The lowest BCUT2D eigenvalue weighted by Gasteiger charge is -2.25. The number of benzene rings is 1. The molecule has 1 fully saturated rings. The third kappa shape index (κ3) is 7.90. The molecule has 10 heteroatoms. The summed E-state index contributed by atoms with van der Waals surface area (Å²) in [5.41, 5.74) is 1.38. The second kappa shape index (κ2) is 13.2. The first-order valence-electron chi connectivity index (χ1n) is 11.2. The number of aromatic nitrogens is 3. The molecular formula is C25H29FN6O3. The number of nitrogens with zero attached hydrogens (tertiary/aromatic N) is 6. The molecule has 3 aromatic rings. The first kappa shape index (κ1) is 25.9. The van der Waals surface area contributed by atoms with E-state index >= 15 is 0 Å². The van der Waals surface area contributed by atoms with Gasteiger partial charge in [-0.1, -0.05) is 35.5 Å². The molecule has 0 radical (unpaired) electrons. The largest absolute Gasteiger partial charge is 0.380 e. The van der Waals surface area contributed by atoms with Crippen LogP contribution in [0.1, 0.15) is 17.9 Å². The van der Waals surface area contributed by atoms with Crippen LogP contribution in [0.15, 0.2) is 64.4 Å². The Bertz CT molecular complexity index is 1130. The number of aliphatic imine (C=N–C) groups is 1. The predicted molar refractivity (Wildman–Crippen MR) is 131 cm³/mol. The number of aryl methyl sites for hydroxylation is 1. The molecule has 0 spiro atoms. The molecule has 0 unspecified atom stereocenters. The van der Waals surface area contributed by atoms with Crippen LogP contribution in [0.2, 0.25) is 0 Å². The maximum absolute atomic E-state index is 13.8. The van der Waals surface area contributed by atoms with Crippen LogP contribution in [0.4, 0.5) is 4.39 Å². The van der Waals surface area contributed by atoms with Gasteiger partial charge in [-0.15, -0.1) is 0 Å². The van der Waals surface area contributed by atoms with Gasteiger partial charge in [0.1, 0.15) is 0 Å². The second-order valence-corrected chi connectivity index (χ2v) is 7.81. The monoisotopic (exact) mass is 480 g/mol. The van der Waals surface area contributed by atoms with Crippen LogP contribution in [0.25, 0.3) is 17.1 Å². The van der Waals surface area contributed by atoms with Crippen LogP contribution in [0.5, 0.6) is 0 Å². The Kier molecular flexibility index (Phi) is 9.76. The fraction of sp³-hybridized carbons (Fsp3) is 0.320. The number of amides is 1. The topological polar surface area (TPSA) is 97.0 Å². The lowest BCUT2D eigenvalue weighted by molar-refractivity contribution is -0.126. The van der Waals surface area contributed by atoms with Crippen molar-refractivity contribution in [3.63, 3.8) is 0 Å². The minimum absolute atomic E-state index is 0.195. The summed E-state index contributed by atoms with van der Waals surface area (Å²) in [5.74, 6) is 0.446. The van der Waals surface area contributed by atoms with Gasteiger partial charge < -0.3 is 14.2 Å². The summed E-state index contributed by atoms with van der Waals surface area (Å²) in [5, 5.41) is 3.80. The molecule has 184 valence electrons. The fourth-order valence-corrected chi connectivity index (χ4v) is 3.33. The van der Waals surface area contributed by atoms with Gasteiger partial charge in [-0.3, -0.25) is 19.7 Å². The molecule has 4 rings (SSSR count). The van der Waals surface area contributed by atoms with Gasteiger partial charge in [-0.05, 0) is 19.2 Å². The number of hydrogen-bond acceptors (Lipinski definition) is 8. The van der Waals surface area contributed by atoms with Crippen LogP contribution < -0.4 is 0 Å². The molecule has 1 saturated heterocycles. The first-order valence-corrected chi connectivity index (χ1v) is 11.2. The summed E-state index contributed by atoms with van der Waals surface area (Å²) in [7, 11) is 1.70. The van der Waals surface area contributed by atoms with Crippen molar-refractivity contribution in [2.75, 3.05) is 40.0 Å². The Balaban J connectivity index is 0.000000237. The molecular weight excluding hydrogens is 451 g/mol. The highest BCUT2D eigenvalue weighted by Crippen LogP contribution is 2.18. The van der Waals surface area contributed by atoms with Gasteiger partial charge in [-0.25, -0.2) is 4.39 Å². The van der Waals surface area contributed by atoms with Crippen LogP contribution in [0.3, 0.4) is 0 Å². The Morgan fingerprint density at radius 2 is 2.06 bits per heavy atom. The van der Waals surface area contributed by atoms with E-state index in [0.29, 0.717) is 25.0 Å². The predicted octanol–water partition coefficient (Wildman–Crippen LogP) is 3.45. The molecule has 0 N–H and O–H groups in total. The molecule has 0 bridgehead atoms. The van der Waals surface area contributed by atoms with E-state index < -0.39 is 5.82 Å². The van der Waals surface area contributed by atoms with Crippen molar-refractivity contribution in [3.05, 3.63) is 72.1 Å². The average Bonchev–Trinajstić information content (AvgIpc) is 3.15. The second-order valence-electron chi connectivity index (χ2n) is 7.81. The molecule has 0 atom stereocenters. The summed E-state index contributed by atoms with van der Waals surface area (Å²) in [6.45, 7) is 8.76. The molecule has 2 aromatic heterocycles. The number of carbonyl (C=O) groups is 1. The van der Waals surface area contributed by atoms with Crippen molar-refractivity contribution in [2.24, 2.45) is 4.99 Å². The Morgan fingerprint density at radius 3 is 2.74 bits per heavy atom. The van der Waals surface area contributed by atoms with Crippen LogP contribution >= 0.6 is 0 Å². The van der Waals surface area contributed by atoms with Gasteiger partial charge in [0, 0.05) is 57.1 Å². The molecule has 0 saturated carbocycles. The molecule has 9 nitrogen and oxygen atoms in total. The average molecular weight is 481 g/mol. The zero-order chi connectivity index (χ0) is 25.0. The Labute approximate surface area is 203 Å². The number of hydrogen-bond donors (Lipinski definition) is 0. The van der Waals surface area contributed by atoms with E-state index in [1.807, 2.05) is 30.3 Å². The summed E-state index contributed by atoms with van der Waals surface area (Å²) in [4.78, 5) is 27.6. The number of pyridine rings is 1. The highest BCUT2D eigenvalue weighted by atomic mass is 19.1. The summed E-state index contributed by atoms with van der Waals surface area (Å²) >= 11 is 0. The smallest absolute Gasteiger partial charge is 0.249 e. The van der Waals surface area contributed by atoms with E-state index in [1.54, 1.807) is 18.9 Å². The molecule has 1 amide bonds. The zero-order valence-electron chi connectivity index (χ0n) is 19.9. The quantitative estimate of drug-likeness (QED) is 0.394. The van der Waals surface area contributed by atoms with E-state index in [4.69, 9.17) is 9.26 Å². The third-order valence-corrected chi connectivity index (χ3v) is 5.14. The van der Waals surface area contributed by atoms with E-state index in [1.165, 1.54) is 18.3 Å². The standard InChI is InChI=1S/C16H21FN4O2.C9H8N2O/c1-18-15(13-4-5-19-11-14(13)17)10-16(22)20(2)12-21-6-3-8-23-9-7-21;1-7-10-9(11-12-7)8-5-3-2-4-6-8/h4-5,10-11H,1,3,6-9,12H2,2H3;2-6H,1H3/b15-10-;. The highest BCUT2D eigenvalue weighted by molar-refractivity contribution is 5.95. The van der Waals surface area contributed by atoms with Gasteiger partial charge in [0.15, 0.2) is 5.82 Å². The van der Waals surface area contributed by atoms with Crippen molar-refractivity contribution in [1.82, 2.24) is 24.9 Å². The molecule has 1 aliphatic heterocycles. The van der Waals surface area contributed by atoms with Gasteiger partial charge >= 0.3 is 0 Å². The normalized spacial score (nSPS) is 14.4. The first-order chi connectivity index (χ1) is 17.0. The van der Waals surface area contributed by atoms with E-state index in [2.05, 4.69) is 31.7 Å². The van der Waals surface area contributed by atoms with Gasteiger partial charge in [-0.2, -0.15) is 4.98 Å². The van der Waals surface area contributed by atoms with E-state index in [0.717, 1.165) is 37.9 Å². The third-order valence-electron chi connectivity index (χ3n) is 5.14. The molecule has 35 heavy (non-hydrogen) atoms. The lowest BCUT2D eigenvalue weighted by atomic mass is 10.2. The van der Waals surface area contributed by atoms with Gasteiger partial charge in [0.2, 0.25) is 17.6 Å². The summed E-state index contributed by atoms with van der Waals surface area (Å²) in [6.07, 6.45) is 4.77. The lowest BCUT2D eigenvalue weighted by Crippen LogP contribution is -2.39. The number of rotatable bonds is 6. The zero-order valence-corrected chi connectivity index (χ0v) is 19.9. The van der Waals surface area contributed by atoms with E-state index in [9.17, 15) is 9.18 Å². The molecule has 0 aliphatic carbocycles. The highest BCUT2D eigenvalue weighted by Gasteiger charge is 2.15. The van der Waals surface area contributed by atoms with Gasteiger partial charge in [0.25, 0.3) is 0 Å². The number of ether oxygens (including phenoxy) is 1. The number of halogens is 1. The maximum atomic E-state index is 13.8. The van der Waals surface area contributed by atoms with Crippen molar-refractivity contribution in [2.45, 2.75) is 13.3 Å². The van der Waals surface area contributed by atoms with Crippen LogP contribution in [-0.4, -0.2) is 77.6 Å². The summed E-state index contributed by atoms with van der Waals surface area (Å²) < 4.78 is 24.0. The van der Waals surface area contributed by atoms with Crippen LogP contribution in [0, 0.1) is 12.7 Å². The van der Waals surface area contributed by atoms with E-state index in [-0.39, 0.29) is 17.2 Å². The minimum Gasteiger partial charge on any atom is -0.380 e. The molecule has 3 heterocycles. The molecule has 1 aromatic carbocycles. The van der Waals surface area contributed by atoms with Crippen molar-refractivity contribution in [3.8, 4) is 11.4 Å². The SMILES string of the molecule is C=N/C(=C\C(=O)N(C)CN1CCCOCC1)c1ccncc1F.Cc1nc(-c2ccccc2)no1. The fourth-order valence-electron chi connectivity index (χ4n) is 3.33. The number of likely N-dealkylation sites (N-methyl/N-ethyl adjacent to an activating group) is 1. The number of carbonyl (C=O) groups excluding carboxylic acids is 1. The Morgan fingerprint density at radius 1 is 1.26 bits per heavy atom.